The van der Waals surface area contributed by atoms with Crippen LogP contribution >= 0.6 is 11.8 Å². The van der Waals surface area contributed by atoms with Gasteiger partial charge in [-0.2, -0.15) is 9.40 Å². The topological polar surface area (TPSA) is 122 Å². The van der Waals surface area contributed by atoms with Crippen molar-refractivity contribution >= 4 is 44.5 Å². The van der Waals surface area contributed by atoms with Crippen LogP contribution < -0.4 is 10.6 Å². The molecular formula is C24H35N7O3S2. The van der Waals surface area contributed by atoms with Gasteiger partial charge in [0.2, 0.25) is 10.0 Å². The Morgan fingerprint density at radius 1 is 1.08 bits per heavy atom. The zero-order chi connectivity index (χ0) is 26.5. The van der Waals surface area contributed by atoms with Crippen LogP contribution in [0.4, 0.5) is 5.82 Å². The third kappa shape index (κ3) is 6.54. The second kappa shape index (κ2) is 12.0. The van der Waals surface area contributed by atoms with Crippen LogP contribution in [-0.2, 0) is 16.6 Å². The fourth-order valence-corrected chi connectivity index (χ4v) is 5.78. The van der Waals surface area contributed by atoms with Gasteiger partial charge in [-0.15, -0.1) is 0 Å². The summed E-state index contributed by atoms with van der Waals surface area (Å²) in [5.74, 6) is 0.458. The number of fused-ring (bicyclic) bond motifs is 1. The van der Waals surface area contributed by atoms with Crippen LogP contribution in [0.2, 0.25) is 0 Å². The van der Waals surface area contributed by atoms with Crippen LogP contribution in [-0.4, -0.2) is 69.3 Å². The zero-order valence-corrected chi connectivity index (χ0v) is 23.3. The van der Waals surface area contributed by atoms with E-state index in [9.17, 15) is 13.2 Å². The lowest BCUT2D eigenvalue weighted by Crippen LogP contribution is -2.31. The molecule has 0 bridgehead atoms. The second-order valence-electron chi connectivity index (χ2n) is 8.80. The maximum atomic E-state index is 12.7. The fourth-order valence-electron chi connectivity index (χ4n) is 3.61. The Balaban J connectivity index is 1.71. The first kappa shape index (κ1) is 27.9. The molecule has 196 valence electrons. The first-order valence-electron chi connectivity index (χ1n) is 12.1. The predicted octanol–water partition coefficient (Wildman–Crippen LogP) is 3.61. The molecular weight excluding hydrogens is 498 g/mol. The number of amides is 1. The first-order chi connectivity index (χ1) is 17.1. The monoisotopic (exact) mass is 533 g/mol. The Kier molecular flexibility index (Phi) is 9.31. The molecule has 0 radical (unpaired) electrons. The largest absolute Gasteiger partial charge is 0.367 e. The van der Waals surface area contributed by atoms with Crippen molar-refractivity contribution in [2.45, 2.75) is 69.4 Å². The number of aromatic nitrogens is 4. The Bertz CT molecular complexity index is 1290. The number of carbonyl (C=O) groups is 1. The molecule has 0 aliphatic rings. The highest BCUT2D eigenvalue weighted by atomic mass is 32.2. The van der Waals surface area contributed by atoms with Crippen molar-refractivity contribution in [1.82, 2.24) is 29.4 Å². The summed E-state index contributed by atoms with van der Waals surface area (Å²) in [5.41, 5.74) is 1.09. The van der Waals surface area contributed by atoms with Gasteiger partial charge < -0.3 is 10.6 Å². The molecule has 0 atom stereocenters. The Labute approximate surface area is 217 Å². The maximum Gasteiger partial charge on any atom is 0.251 e. The highest BCUT2D eigenvalue weighted by Crippen LogP contribution is 2.27. The third-order valence-corrected chi connectivity index (χ3v) is 8.24. The summed E-state index contributed by atoms with van der Waals surface area (Å²) in [6, 6.07) is 6.20. The predicted molar refractivity (Wildman–Crippen MR) is 144 cm³/mol. The summed E-state index contributed by atoms with van der Waals surface area (Å²) in [6.45, 7) is 13.4. The molecule has 2 heterocycles. The van der Waals surface area contributed by atoms with Gasteiger partial charge >= 0.3 is 0 Å². The van der Waals surface area contributed by atoms with Crippen LogP contribution in [0.5, 0.6) is 0 Å². The SMILES string of the molecule is CCN(CC)S(=O)(=O)c1ccc(C(=O)NCCn2ncc3c(NC(C)C)nc(SC(C)C)nc32)cc1. The average Bonchev–Trinajstić information content (AvgIpc) is 3.22. The van der Waals surface area contributed by atoms with Crippen molar-refractivity contribution in [1.29, 1.82) is 0 Å². The minimum Gasteiger partial charge on any atom is -0.367 e. The molecule has 0 unspecified atom stereocenters. The Morgan fingerprint density at radius 2 is 1.75 bits per heavy atom. The number of hydrogen-bond donors (Lipinski definition) is 2. The van der Waals surface area contributed by atoms with Crippen LogP contribution in [0.3, 0.4) is 0 Å². The van der Waals surface area contributed by atoms with Gasteiger partial charge in [-0.25, -0.2) is 23.1 Å². The van der Waals surface area contributed by atoms with Gasteiger partial charge in [-0.05, 0) is 38.1 Å². The number of rotatable bonds is 12. The number of sulfonamides is 1. The van der Waals surface area contributed by atoms with Crippen LogP contribution in [0, 0.1) is 0 Å². The van der Waals surface area contributed by atoms with Crippen molar-refractivity contribution in [3.05, 3.63) is 36.0 Å². The van der Waals surface area contributed by atoms with Crippen molar-refractivity contribution in [2.24, 2.45) is 0 Å². The van der Waals surface area contributed by atoms with Crippen molar-refractivity contribution in [3.8, 4) is 0 Å². The molecule has 0 saturated carbocycles. The van der Waals surface area contributed by atoms with E-state index in [1.165, 1.54) is 28.6 Å². The minimum atomic E-state index is -3.56. The van der Waals surface area contributed by atoms with E-state index in [1.807, 2.05) is 0 Å². The van der Waals surface area contributed by atoms with Crippen LogP contribution in [0.15, 0.2) is 40.5 Å². The molecule has 10 nitrogen and oxygen atoms in total. The number of carbonyl (C=O) groups excluding carboxylic acids is 1. The molecule has 2 aromatic heterocycles. The second-order valence-corrected chi connectivity index (χ2v) is 12.3. The highest BCUT2D eigenvalue weighted by molar-refractivity contribution is 7.99. The van der Waals surface area contributed by atoms with Crippen molar-refractivity contribution in [3.63, 3.8) is 0 Å². The van der Waals surface area contributed by atoms with E-state index in [1.54, 1.807) is 36.5 Å². The lowest BCUT2D eigenvalue weighted by molar-refractivity contribution is 0.0952. The molecule has 12 heteroatoms. The van der Waals surface area contributed by atoms with E-state index in [0.717, 1.165) is 11.2 Å². The van der Waals surface area contributed by atoms with E-state index in [2.05, 4.69) is 48.4 Å². The standard InChI is InChI=1S/C24H35N7O3S2/c1-7-30(8-2)36(33,34)19-11-9-18(10-12-19)23(32)25-13-14-31-22-20(15-26-31)21(27-16(3)4)28-24(29-22)35-17(5)6/h9-12,15-17H,7-8,13-14H2,1-6H3,(H,25,32)(H,27,28,29). The van der Waals surface area contributed by atoms with E-state index in [0.29, 0.717) is 47.8 Å². The number of thioether (sulfide) groups is 1. The van der Waals surface area contributed by atoms with Gasteiger partial charge in [0.1, 0.15) is 5.82 Å². The number of anilines is 1. The van der Waals surface area contributed by atoms with Gasteiger partial charge in [0, 0.05) is 36.5 Å². The fraction of sp³-hybridized carbons (Fsp3) is 0.500. The third-order valence-electron chi connectivity index (χ3n) is 5.31. The number of nitrogens with one attached hydrogen (secondary N) is 2. The molecule has 0 spiro atoms. The summed E-state index contributed by atoms with van der Waals surface area (Å²) in [6.07, 6.45) is 1.74. The van der Waals surface area contributed by atoms with E-state index in [-0.39, 0.29) is 16.8 Å². The van der Waals surface area contributed by atoms with Gasteiger partial charge in [-0.3, -0.25) is 4.79 Å². The number of benzene rings is 1. The van der Waals surface area contributed by atoms with E-state index < -0.39 is 10.0 Å². The van der Waals surface area contributed by atoms with Crippen LogP contribution in [0.25, 0.3) is 11.0 Å². The lowest BCUT2D eigenvalue weighted by atomic mass is 10.2. The zero-order valence-electron chi connectivity index (χ0n) is 21.6. The van der Waals surface area contributed by atoms with Gasteiger partial charge in [0.15, 0.2) is 10.8 Å². The van der Waals surface area contributed by atoms with Crippen molar-refractivity contribution < 1.29 is 13.2 Å². The molecule has 36 heavy (non-hydrogen) atoms. The molecule has 3 rings (SSSR count). The van der Waals surface area contributed by atoms with Crippen molar-refractivity contribution in [2.75, 3.05) is 25.0 Å². The summed E-state index contributed by atoms with van der Waals surface area (Å²) in [4.78, 5) is 22.2. The van der Waals surface area contributed by atoms with E-state index >= 15 is 0 Å². The molecule has 1 aromatic carbocycles. The van der Waals surface area contributed by atoms with Gasteiger partial charge in [0.25, 0.3) is 5.91 Å². The molecule has 0 aliphatic heterocycles. The molecule has 3 aromatic rings. The average molecular weight is 534 g/mol. The maximum absolute atomic E-state index is 12.7. The molecule has 0 aliphatic carbocycles. The smallest absolute Gasteiger partial charge is 0.251 e. The summed E-state index contributed by atoms with van der Waals surface area (Å²) in [5, 5.41) is 12.5. The molecule has 1 amide bonds. The molecule has 0 saturated heterocycles. The normalized spacial score (nSPS) is 12.1. The summed E-state index contributed by atoms with van der Waals surface area (Å²) >= 11 is 1.58. The summed E-state index contributed by atoms with van der Waals surface area (Å²) in [7, 11) is -3.56. The first-order valence-corrected chi connectivity index (χ1v) is 14.4. The van der Waals surface area contributed by atoms with Gasteiger partial charge in [0.05, 0.1) is 23.0 Å². The Hall–Kier alpha value is -2.70. The Morgan fingerprint density at radius 3 is 2.33 bits per heavy atom. The quantitative estimate of drug-likeness (QED) is 0.267. The summed E-state index contributed by atoms with van der Waals surface area (Å²) < 4.78 is 28.4. The molecule has 0 fully saturated rings. The lowest BCUT2D eigenvalue weighted by Gasteiger charge is -2.18. The number of nitrogens with zero attached hydrogens (tertiary/aromatic N) is 5. The minimum absolute atomic E-state index is 0.173. The molecule has 2 N–H and O–H groups in total. The van der Waals surface area contributed by atoms with Gasteiger partial charge in [-0.1, -0.05) is 39.5 Å². The number of hydrogen-bond acceptors (Lipinski definition) is 8. The van der Waals surface area contributed by atoms with E-state index in [4.69, 9.17) is 4.98 Å². The highest BCUT2D eigenvalue weighted by Gasteiger charge is 2.22. The van der Waals surface area contributed by atoms with Crippen LogP contribution in [0.1, 0.15) is 51.9 Å².